The Morgan fingerprint density at radius 1 is 1.11 bits per heavy atom. The van der Waals surface area contributed by atoms with Gasteiger partial charge >= 0.3 is 0 Å². The van der Waals surface area contributed by atoms with Crippen molar-refractivity contribution in [3.05, 3.63) is 29.8 Å². The number of rotatable bonds is 9. The van der Waals surface area contributed by atoms with Crippen molar-refractivity contribution in [2.24, 2.45) is 11.8 Å². The average molecular weight is 541 g/mol. The maximum absolute atomic E-state index is 7.36. The van der Waals surface area contributed by atoms with Crippen molar-refractivity contribution in [2.75, 3.05) is 25.2 Å². The zero-order valence-electron chi connectivity index (χ0n) is 23.6. The van der Waals surface area contributed by atoms with Gasteiger partial charge in [-0.05, 0) is 55.9 Å². The molecule has 2 aliphatic heterocycles. The van der Waals surface area contributed by atoms with Crippen LogP contribution in [0, 0.1) is 11.8 Å². The van der Waals surface area contributed by atoms with E-state index >= 15 is 0 Å². The van der Waals surface area contributed by atoms with Crippen molar-refractivity contribution in [3.8, 4) is 5.75 Å². The molecule has 2 aliphatic rings. The highest BCUT2D eigenvalue weighted by atomic mass is 32.2. The van der Waals surface area contributed by atoms with Crippen LogP contribution in [-0.4, -0.2) is 49.3 Å². The first-order chi connectivity index (χ1) is 16.3. The van der Waals surface area contributed by atoms with Crippen LogP contribution in [0.3, 0.4) is 0 Å². The van der Waals surface area contributed by atoms with Gasteiger partial charge in [0.05, 0.1) is 29.5 Å². The Bertz CT molecular complexity index is 819. The maximum atomic E-state index is 7.36. The zero-order chi connectivity index (χ0) is 26.1. The van der Waals surface area contributed by atoms with Crippen LogP contribution >= 0.6 is 23.5 Å². The first-order valence-electron chi connectivity index (χ1n) is 13.2. The van der Waals surface area contributed by atoms with Gasteiger partial charge in [0.15, 0.2) is 14.6 Å². The van der Waals surface area contributed by atoms with Crippen LogP contribution in [0.1, 0.15) is 73.2 Å². The number of ether oxygens (including phenoxy) is 3. The fraction of sp³-hybridized carbons (Fsp3) is 0.786. The molecule has 0 aromatic heterocycles. The van der Waals surface area contributed by atoms with Gasteiger partial charge in [0.25, 0.3) is 0 Å². The molecule has 4 nitrogen and oxygen atoms in total. The highest BCUT2D eigenvalue weighted by Gasteiger charge is 2.52. The first kappa shape index (κ1) is 29.4. The summed E-state index contributed by atoms with van der Waals surface area (Å²) in [7, 11) is -0.370. The molecule has 0 radical (unpaired) electrons. The average Bonchev–Trinajstić information content (AvgIpc) is 3.29. The molecule has 0 saturated carbocycles. The Morgan fingerprint density at radius 2 is 1.71 bits per heavy atom. The first-order valence-corrected chi connectivity index (χ1v) is 18.0. The monoisotopic (exact) mass is 540 g/mol. The summed E-state index contributed by atoms with van der Waals surface area (Å²) in [5, 5.41) is 0.126. The molecule has 0 spiro atoms. The van der Waals surface area contributed by atoms with Crippen molar-refractivity contribution in [2.45, 2.75) is 102 Å². The fourth-order valence-corrected chi connectivity index (χ4v) is 10.3. The predicted octanol–water partition coefficient (Wildman–Crippen LogP) is 8.14. The molecule has 1 aromatic rings. The highest BCUT2D eigenvalue weighted by molar-refractivity contribution is 8.21. The Balaban J connectivity index is 1.93. The predicted molar refractivity (Wildman–Crippen MR) is 154 cm³/mol. The third-order valence-corrected chi connectivity index (χ3v) is 17.0. The zero-order valence-corrected chi connectivity index (χ0v) is 26.2. The van der Waals surface area contributed by atoms with Gasteiger partial charge in [-0.2, -0.15) is 0 Å². The maximum Gasteiger partial charge on any atom is 0.192 e. The highest BCUT2D eigenvalue weighted by Crippen LogP contribution is 2.55. The number of methoxy groups -OCH3 is 1. The second-order valence-corrected chi connectivity index (χ2v) is 19.9. The Kier molecular flexibility index (Phi) is 9.47. The van der Waals surface area contributed by atoms with Crippen LogP contribution in [0.5, 0.6) is 5.75 Å². The van der Waals surface area contributed by atoms with Crippen LogP contribution in [0.4, 0.5) is 0 Å². The van der Waals surface area contributed by atoms with Gasteiger partial charge in [-0.15, -0.1) is 23.5 Å². The van der Waals surface area contributed by atoms with Crippen molar-refractivity contribution in [3.63, 3.8) is 0 Å². The normalized spacial score (nSPS) is 27.9. The summed E-state index contributed by atoms with van der Waals surface area (Å²) >= 11 is 4.30. The van der Waals surface area contributed by atoms with Gasteiger partial charge in [0.2, 0.25) is 0 Å². The summed E-state index contributed by atoms with van der Waals surface area (Å²) in [4.78, 5) is 0. The van der Waals surface area contributed by atoms with Crippen LogP contribution in [0.25, 0.3) is 0 Å². The molecule has 5 atom stereocenters. The van der Waals surface area contributed by atoms with Crippen molar-refractivity contribution in [1.29, 1.82) is 0 Å². The summed E-state index contributed by atoms with van der Waals surface area (Å²) in [6.45, 7) is 21.7. The van der Waals surface area contributed by atoms with Crippen LogP contribution in [-0.2, 0) is 13.9 Å². The van der Waals surface area contributed by atoms with Gasteiger partial charge in [0, 0.05) is 23.0 Å². The van der Waals surface area contributed by atoms with E-state index in [0.29, 0.717) is 12.5 Å². The van der Waals surface area contributed by atoms with E-state index in [4.69, 9.17) is 18.6 Å². The molecular weight excluding hydrogens is 493 g/mol. The molecule has 0 amide bonds. The summed E-state index contributed by atoms with van der Waals surface area (Å²) in [6.07, 6.45) is 1.72. The minimum absolute atomic E-state index is 0.0507. The van der Waals surface area contributed by atoms with Gasteiger partial charge in [0.1, 0.15) is 5.75 Å². The molecule has 0 aliphatic carbocycles. The number of hydrogen-bond donors (Lipinski definition) is 0. The van der Waals surface area contributed by atoms with E-state index in [0.717, 1.165) is 17.7 Å². The number of thioether (sulfide) groups is 2. The second-order valence-electron chi connectivity index (χ2n) is 12.1. The molecule has 2 heterocycles. The van der Waals surface area contributed by atoms with E-state index in [1.54, 1.807) is 7.11 Å². The lowest BCUT2D eigenvalue weighted by Crippen LogP contribution is -2.59. The van der Waals surface area contributed by atoms with E-state index in [1.165, 1.54) is 17.9 Å². The molecule has 1 unspecified atom stereocenters. The largest absolute Gasteiger partial charge is 0.497 e. The van der Waals surface area contributed by atoms with Crippen LogP contribution in [0.15, 0.2) is 24.3 Å². The Hall–Kier alpha value is -0.183. The summed E-state index contributed by atoms with van der Waals surface area (Å²) in [5.41, 5.74) is 0.625. The van der Waals surface area contributed by atoms with Crippen molar-refractivity contribution in [1.82, 2.24) is 0 Å². The van der Waals surface area contributed by atoms with Crippen LogP contribution < -0.4 is 4.74 Å². The molecule has 2 fully saturated rings. The van der Waals surface area contributed by atoms with E-state index < -0.39 is 20.2 Å². The number of hydrogen-bond acceptors (Lipinski definition) is 6. The van der Waals surface area contributed by atoms with Crippen molar-refractivity contribution < 1.29 is 18.6 Å². The molecular formula is C28H48O4S2Si. The molecule has 200 valence electrons. The summed E-state index contributed by atoms with van der Waals surface area (Å²) in [5.74, 6) is 4.08. The van der Waals surface area contributed by atoms with E-state index in [-0.39, 0.29) is 21.1 Å². The second kappa shape index (κ2) is 11.3. The van der Waals surface area contributed by atoms with Gasteiger partial charge < -0.3 is 18.6 Å². The lowest BCUT2D eigenvalue weighted by molar-refractivity contribution is -0.276. The third kappa shape index (κ3) is 6.46. The number of benzene rings is 1. The van der Waals surface area contributed by atoms with Gasteiger partial charge in [-0.25, -0.2) is 0 Å². The lowest BCUT2D eigenvalue weighted by atomic mass is 9.81. The van der Waals surface area contributed by atoms with Crippen LogP contribution in [0.2, 0.25) is 18.1 Å². The molecule has 3 rings (SSSR count). The molecule has 1 aromatic carbocycles. The quantitative estimate of drug-likeness (QED) is 0.294. The molecule has 0 N–H and O–H groups in total. The SMILES string of the molecule is CCC1([C@H](C)C[C@@](C)(O[Si](C)(C)C(C)(C)C)[C@@H]2OC(c3ccc(OC)cc3)OC[C@@H]2C)SCCS1. The minimum Gasteiger partial charge on any atom is -0.497 e. The van der Waals surface area contributed by atoms with Crippen molar-refractivity contribution >= 4 is 31.8 Å². The Morgan fingerprint density at radius 3 is 2.23 bits per heavy atom. The summed E-state index contributed by atoms with van der Waals surface area (Å²) < 4.78 is 26.0. The Labute approximate surface area is 224 Å². The minimum atomic E-state index is -2.06. The molecule has 0 bridgehead atoms. The van der Waals surface area contributed by atoms with E-state index in [1.807, 2.05) is 24.3 Å². The molecule has 7 heteroatoms. The third-order valence-electron chi connectivity index (χ3n) is 8.31. The molecule has 2 saturated heterocycles. The fourth-order valence-electron chi connectivity index (χ4n) is 5.34. The van der Waals surface area contributed by atoms with E-state index in [9.17, 15) is 0 Å². The van der Waals surface area contributed by atoms with Gasteiger partial charge in [-0.3, -0.25) is 0 Å². The van der Waals surface area contributed by atoms with E-state index in [2.05, 4.69) is 85.1 Å². The standard InChI is InChI=1S/C28H48O4S2Si/c1-11-28(33-16-17-34-28)21(3)18-27(7,32-35(9,10)26(4,5)6)24-20(2)19-30-25(31-24)22-12-14-23(29-8)15-13-22/h12-15,20-21,24-25H,11,16-19H2,1-10H3/t20-,21+,24+,25?,27+/m0/s1. The smallest absolute Gasteiger partial charge is 0.192 e. The lowest BCUT2D eigenvalue weighted by Gasteiger charge is -2.52. The topological polar surface area (TPSA) is 36.9 Å². The molecule has 35 heavy (non-hydrogen) atoms. The summed E-state index contributed by atoms with van der Waals surface area (Å²) in [6, 6.07) is 8.04. The van der Waals surface area contributed by atoms with Gasteiger partial charge in [-0.1, -0.05) is 53.7 Å².